The molecule has 1 atom stereocenters. The van der Waals surface area contributed by atoms with E-state index in [2.05, 4.69) is 15.9 Å². The minimum atomic E-state index is -4.97. The normalized spacial score (nSPS) is 18.8. The Morgan fingerprint density at radius 3 is 2.24 bits per heavy atom. The van der Waals surface area contributed by atoms with Gasteiger partial charge in [0.05, 0.1) is 11.1 Å². The Bertz CT molecular complexity index is 1150. The van der Waals surface area contributed by atoms with Crippen LogP contribution < -0.4 is 4.90 Å². The van der Waals surface area contributed by atoms with Gasteiger partial charge < -0.3 is 10.0 Å². The van der Waals surface area contributed by atoms with Gasteiger partial charge in [0.2, 0.25) is 0 Å². The highest BCUT2D eigenvalue weighted by atomic mass is 79.9. The number of aliphatic carboxylic acids is 1. The number of nitriles is 1. The van der Waals surface area contributed by atoms with Crippen LogP contribution in [0, 0.1) is 11.3 Å². The molecule has 2 aromatic rings. The van der Waals surface area contributed by atoms with E-state index in [1.807, 2.05) is 0 Å². The number of carbonyl (C=O) groups is 1. The molecule has 11 heteroatoms. The first-order valence-corrected chi connectivity index (χ1v) is 10.1. The zero-order chi connectivity index (χ0) is 24.8. The monoisotopic (exact) mass is 532 g/mol. The topological polar surface area (TPSA) is 64.3 Å². The second-order valence-electron chi connectivity index (χ2n) is 7.80. The first kappa shape index (κ1) is 24.6. The first-order chi connectivity index (χ1) is 15.2. The molecule has 0 aromatic heterocycles. The second kappa shape index (κ2) is 8.41. The summed E-state index contributed by atoms with van der Waals surface area (Å²) in [5.41, 5.74) is -3.55. The van der Waals surface area contributed by atoms with E-state index in [1.54, 1.807) is 36.1 Å². The molecule has 174 valence electrons. The molecular formula is C22H15BrF6N2O2. The lowest BCUT2D eigenvalue weighted by Gasteiger charge is -2.24. The number of hydrogen-bond acceptors (Lipinski definition) is 3. The molecule has 2 aromatic carbocycles. The van der Waals surface area contributed by atoms with Gasteiger partial charge in [-0.2, -0.15) is 31.6 Å². The standard InChI is InChI=1S/C22H15BrF6N2O2/c1-20(8-13(9-30)19(32)33)11-31(17-4-2-3-16(23)18(17)20)10-12-5-14(21(24,25)26)7-15(6-12)22(27,28)29/h2-8H,10-11H2,1H3,(H,32,33)/b13-8+. The van der Waals surface area contributed by atoms with E-state index in [4.69, 9.17) is 5.26 Å². The summed E-state index contributed by atoms with van der Waals surface area (Å²) < 4.78 is 80.0. The summed E-state index contributed by atoms with van der Waals surface area (Å²) in [7, 11) is 0. The smallest absolute Gasteiger partial charge is 0.416 e. The molecule has 4 nitrogen and oxygen atoms in total. The van der Waals surface area contributed by atoms with Gasteiger partial charge in [-0.15, -0.1) is 0 Å². The average Bonchev–Trinajstić information content (AvgIpc) is 2.97. The number of carboxylic acids is 1. The molecule has 1 N–H and O–H groups in total. The van der Waals surface area contributed by atoms with E-state index in [0.29, 0.717) is 27.9 Å². The van der Waals surface area contributed by atoms with Gasteiger partial charge in [-0.1, -0.05) is 28.9 Å². The van der Waals surface area contributed by atoms with Crippen LogP contribution in [0.2, 0.25) is 0 Å². The van der Waals surface area contributed by atoms with Crippen molar-refractivity contribution in [3.63, 3.8) is 0 Å². The van der Waals surface area contributed by atoms with Crippen molar-refractivity contribution in [2.24, 2.45) is 0 Å². The van der Waals surface area contributed by atoms with Crippen molar-refractivity contribution in [2.45, 2.75) is 31.2 Å². The summed E-state index contributed by atoms with van der Waals surface area (Å²) in [6.07, 6.45) is -8.70. The highest BCUT2D eigenvalue weighted by Gasteiger charge is 2.41. The van der Waals surface area contributed by atoms with Gasteiger partial charge in [0.1, 0.15) is 11.6 Å². The summed E-state index contributed by atoms with van der Waals surface area (Å²) in [6.45, 7) is 1.37. The molecule has 0 spiro atoms. The molecule has 0 amide bonds. The predicted octanol–water partition coefficient (Wildman–Crippen LogP) is 6.30. The zero-order valence-electron chi connectivity index (χ0n) is 16.9. The third-order valence-corrected chi connectivity index (χ3v) is 5.92. The quantitative estimate of drug-likeness (QED) is 0.285. The molecule has 3 rings (SSSR count). The molecule has 0 fully saturated rings. The Morgan fingerprint density at radius 1 is 1.18 bits per heavy atom. The Kier molecular flexibility index (Phi) is 6.28. The highest BCUT2D eigenvalue weighted by Crippen LogP contribution is 2.47. The summed E-state index contributed by atoms with van der Waals surface area (Å²) in [4.78, 5) is 12.9. The summed E-state index contributed by atoms with van der Waals surface area (Å²) in [5, 5.41) is 18.4. The van der Waals surface area contributed by atoms with Crippen LogP contribution in [0.15, 0.2) is 52.5 Å². The molecule has 1 aliphatic rings. The zero-order valence-corrected chi connectivity index (χ0v) is 18.4. The van der Waals surface area contributed by atoms with Gasteiger partial charge in [0.25, 0.3) is 0 Å². The fourth-order valence-corrected chi connectivity index (χ4v) is 4.76. The van der Waals surface area contributed by atoms with E-state index in [9.17, 15) is 36.2 Å². The van der Waals surface area contributed by atoms with Gasteiger partial charge in [-0.3, -0.25) is 0 Å². The second-order valence-corrected chi connectivity index (χ2v) is 8.65. The summed E-state index contributed by atoms with van der Waals surface area (Å²) >= 11 is 3.38. The lowest BCUT2D eigenvalue weighted by molar-refractivity contribution is -0.143. The van der Waals surface area contributed by atoms with Crippen LogP contribution in [0.4, 0.5) is 32.0 Å². The van der Waals surface area contributed by atoms with Crippen LogP contribution in [-0.4, -0.2) is 17.6 Å². The minimum absolute atomic E-state index is 0.0288. The molecule has 1 aliphatic heterocycles. The number of benzene rings is 2. The third kappa shape index (κ3) is 5.00. The van der Waals surface area contributed by atoms with Crippen molar-refractivity contribution in [1.82, 2.24) is 0 Å². The fraction of sp³-hybridized carbons (Fsp3) is 0.273. The van der Waals surface area contributed by atoms with Gasteiger partial charge in [-0.25, -0.2) is 4.79 Å². The van der Waals surface area contributed by atoms with Crippen molar-refractivity contribution in [2.75, 3.05) is 11.4 Å². The Morgan fingerprint density at radius 2 is 1.76 bits per heavy atom. The van der Waals surface area contributed by atoms with E-state index in [1.165, 1.54) is 6.08 Å². The van der Waals surface area contributed by atoms with Crippen molar-refractivity contribution >= 4 is 27.6 Å². The molecule has 1 unspecified atom stereocenters. The van der Waals surface area contributed by atoms with Crippen LogP contribution in [0.5, 0.6) is 0 Å². The van der Waals surface area contributed by atoms with Gasteiger partial charge in [-0.05, 0) is 42.0 Å². The Balaban J connectivity index is 2.11. The molecule has 33 heavy (non-hydrogen) atoms. The van der Waals surface area contributed by atoms with Crippen LogP contribution in [0.25, 0.3) is 0 Å². The van der Waals surface area contributed by atoms with Crippen LogP contribution in [0.3, 0.4) is 0 Å². The molecule has 0 radical (unpaired) electrons. The fourth-order valence-electron chi connectivity index (χ4n) is 3.95. The largest absolute Gasteiger partial charge is 0.477 e. The minimum Gasteiger partial charge on any atom is -0.477 e. The van der Waals surface area contributed by atoms with Crippen molar-refractivity contribution in [3.8, 4) is 6.07 Å². The SMILES string of the molecule is CC1(/C=C(\C#N)C(=O)O)CN(Cc2cc(C(F)(F)F)cc(C(F)(F)F)c2)c2cccc(Br)c21. The molecule has 0 aliphatic carbocycles. The van der Waals surface area contributed by atoms with Crippen molar-refractivity contribution < 1.29 is 36.2 Å². The summed E-state index contributed by atoms with van der Waals surface area (Å²) in [6, 6.07) is 7.93. The van der Waals surface area contributed by atoms with Crippen LogP contribution >= 0.6 is 15.9 Å². The Labute approximate surface area is 192 Å². The van der Waals surface area contributed by atoms with Crippen molar-refractivity contribution in [1.29, 1.82) is 5.26 Å². The van der Waals surface area contributed by atoms with Gasteiger partial charge >= 0.3 is 18.3 Å². The lowest BCUT2D eigenvalue weighted by Crippen LogP contribution is -2.30. The lowest BCUT2D eigenvalue weighted by atomic mass is 9.83. The Hall–Kier alpha value is -3.00. The number of nitrogens with zero attached hydrogens (tertiary/aromatic N) is 2. The first-order valence-electron chi connectivity index (χ1n) is 9.34. The van der Waals surface area contributed by atoms with Gasteiger partial charge in [0, 0.05) is 34.2 Å². The number of fused-ring (bicyclic) bond motifs is 1. The van der Waals surface area contributed by atoms with E-state index in [-0.39, 0.29) is 24.7 Å². The molecule has 0 bridgehead atoms. The van der Waals surface area contributed by atoms with E-state index >= 15 is 0 Å². The molecular weight excluding hydrogens is 518 g/mol. The van der Waals surface area contributed by atoms with Gasteiger partial charge in [0.15, 0.2) is 0 Å². The maximum atomic E-state index is 13.2. The predicted molar refractivity (Wildman–Crippen MR) is 110 cm³/mol. The van der Waals surface area contributed by atoms with Crippen molar-refractivity contribution in [3.05, 3.63) is 74.8 Å². The van der Waals surface area contributed by atoms with E-state index in [0.717, 1.165) is 0 Å². The number of alkyl halides is 6. The maximum absolute atomic E-state index is 13.2. The highest BCUT2D eigenvalue weighted by molar-refractivity contribution is 9.10. The number of carboxylic acid groups (broad SMARTS) is 1. The van der Waals surface area contributed by atoms with E-state index < -0.39 is 40.4 Å². The molecule has 1 heterocycles. The maximum Gasteiger partial charge on any atom is 0.416 e. The third-order valence-electron chi connectivity index (χ3n) is 5.26. The number of hydrogen-bond donors (Lipinski definition) is 1. The number of halogens is 7. The molecule has 0 saturated carbocycles. The average molecular weight is 533 g/mol. The van der Waals surface area contributed by atoms with Crippen LogP contribution in [-0.2, 0) is 29.1 Å². The number of rotatable bonds is 4. The number of anilines is 1. The molecule has 0 saturated heterocycles. The summed E-state index contributed by atoms with van der Waals surface area (Å²) in [5.74, 6) is -1.45. The van der Waals surface area contributed by atoms with Crippen LogP contribution in [0.1, 0.15) is 29.2 Å².